The molecule has 4 heteroatoms. The Morgan fingerprint density at radius 2 is 2.25 bits per heavy atom. The lowest BCUT2D eigenvalue weighted by Crippen LogP contribution is -2.19. The molecule has 2 unspecified atom stereocenters. The highest BCUT2D eigenvalue weighted by Gasteiger charge is 2.17. The third-order valence-corrected chi connectivity index (χ3v) is 2.90. The molecule has 0 amide bonds. The molecular weight excluding hydrogens is 192 g/mol. The number of thiophene rings is 1. The molecule has 1 heterocycles. The van der Waals surface area contributed by atoms with Crippen LogP contribution in [0.2, 0.25) is 0 Å². The van der Waals surface area contributed by atoms with Crippen LogP contribution in [0.3, 0.4) is 0 Å². The summed E-state index contributed by atoms with van der Waals surface area (Å²) in [6, 6.07) is 1.88. The van der Waals surface area contributed by atoms with Crippen LogP contribution in [0.25, 0.3) is 0 Å². The van der Waals surface area contributed by atoms with E-state index in [1.807, 2.05) is 18.4 Å². The Labute approximate surface area is 81.3 Å². The van der Waals surface area contributed by atoms with E-state index in [9.17, 15) is 10.2 Å². The number of hydrogen-bond donors (Lipinski definition) is 3. The van der Waals surface area contributed by atoms with Gasteiger partial charge >= 0.3 is 0 Å². The molecule has 68 valence electrons. The molecule has 1 aromatic rings. The number of thiol groups is 1. The maximum absolute atomic E-state index is 9.51. The molecular formula is C8H12O2S2. The number of aryl methyl sites for hydroxylation is 1. The number of aliphatic hydroxyl groups excluding tert-OH is 2. The second-order valence-electron chi connectivity index (χ2n) is 2.69. The fourth-order valence-corrected chi connectivity index (χ4v) is 1.87. The minimum Gasteiger partial charge on any atom is -0.389 e. The van der Waals surface area contributed by atoms with E-state index in [2.05, 4.69) is 12.6 Å². The molecule has 0 saturated heterocycles. The molecule has 2 atom stereocenters. The quantitative estimate of drug-likeness (QED) is 0.651. The first kappa shape index (κ1) is 10.1. The Morgan fingerprint density at radius 3 is 2.67 bits per heavy atom. The standard InChI is InChI=1S/C8H12O2S2/c1-5-2-6(4-12-5)8(10)7(9)3-11/h2,4,7-11H,3H2,1H3. The van der Waals surface area contributed by atoms with Crippen LogP contribution in [0, 0.1) is 6.92 Å². The van der Waals surface area contributed by atoms with Crippen molar-refractivity contribution in [1.29, 1.82) is 0 Å². The average Bonchev–Trinajstić information content (AvgIpc) is 2.49. The topological polar surface area (TPSA) is 40.5 Å². The van der Waals surface area contributed by atoms with Crippen LogP contribution in [0.5, 0.6) is 0 Å². The van der Waals surface area contributed by atoms with Crippen LogP contribution in [-0.4, -0.2) is 22.1 Å². The molecule has 0 radical (unpaired) electrons. The second-order valence-corrected chi connectivity index (χ2v) is 4.17. The summed E-state index contributed by atoms with van der Waals surface area (Å²) in [6.45, 7) is 1.97. The minimum absolute atomic E-state index is 0.274. The summed E-state index contributed by atoms with van der Waals surface area (Å²) < 4.78 is 0. The Morgan fingerprint density at radius 1 is 1.58 bits per heavy atom. The molecule has 0 aliphatic heterocycles. The van der Waals surface area contributed by atoms with Gasteiger partial charge in [0.05, 0.1) is 6.10 Å². The molecule has 0 fully saturated rings. The predicted molar refractivity (Wildman–Crippen MR) is 53.9 cm³/mol. The molecule has 2 nitrogen and oxygen atoms in total. The Hall–Kier alpha value is -0.0300. The summed E-state index contributed by atoms with van der Waals surface area (Å²) in [6.07, 6.45) is -1.57. The van der Waals surface area contributed by atoms with E-state index in [1.165, 1.54) is 0 Å². The first-order valence-corrected chi connectivity index (χ1v) is 5.18. The Balaban J connectivity index is 2.70. The molecule has 0 aliphatic carbocycles. The van der Waals surface area contributed by atoms with Crippen molar-refractivity contribution in [2.45, 2.75) is 19.1 Å². The molecule has 12 heavy (non-hydrogen) atoms. The molecule has 0 saturated carbocycles. The molecule has 0 aliphatic rings. The number of hydrogen-bond acceptors (Lipinski definition) is 4. The normalized spacial score (nSPS) is 16.0. The first-order chi connectivity index (χ1) is 5.65. The number of aliphatic hydroxyl groups is 2. The summed E-state index contributed by atoms with van der Waals surface area (Å²) in [5, 5.41) is 20.6. The maximum atomic E-state index is 9.51. The van der Waals surface area contributed by atoms with Crippen molar-refractivity contribution in [3.05, 3.63) is 21.9 Å². The van der Waals surface area contributed by atoms with E-state index >= 15 is 0 Å². The molecule has 1 aromatic heterocycles. The fraction of sp³-hybridized carbons (Fsp3) is 0.500. The van der Waals surface area contributed by atoms with Crippen LogP contribution < -0.4 is 0 Å². The van der Waals surface area contributed by atoms with Gasteiger partial charge in [0, 0.05) is 10.6 Å². The molecule has 0 spiro atoms. The Kier molecular flexibility index (Phi) is 3.58. The van der Waals surface area contributed by atoms with Gasteiger partial charge in [0.2, 0.25) is 0 Å². The average molecular weight is 204 g/mol. The monoisotopic (exact) mass is 204 g/mol. The molecule has 0 bridgehead atoms. The van der Waals surface area contributed by atoms with Gasteiger partial charge in [-0.1, -0.05) is 0 Å². The van der Waals surface area contributed by atoms with Crippen molar-refractivity contribution in [3.8, 4) is 0 Å². The smallest absolute Gasteiger partial charge is 0.106 e. The Bertz CT molecular complexity index is 247. The van der Waals surface area contributed by atoms with E-state index in [1.54, 1.807) is 11.3 Å². The maximum Gasteiger partial charge on any atom is 0.106 e. The lowest BCUT2D eigenvalue weighted by Gasteiger charge is -2.13. The van der Waals surface area contributed by atoms with Crippen molar-refractivity contribution in [3.63, 3.8) is 0 Å². The third-order valence-electron chi connectivity index (χ3n) is 1.64. The zero-order valence-corrected chi connectivity index (χ0v) is 8.48. The first-order valence-electron chi connectivity index (χ1n) is 3.67. The molecule has 2 N–H and O–H groups in total. The van der Waals surface area contributed by atoms with Gasteiger partial charge in [-0.25, -0.2) is 0 Å². The van der Waals surface area contributed by atoms with Crippen LogP contribution in [-0.2, 0) is 0 Å². The van der Waals surface area contributed by atoms with E-state index in [-0.39, 0.29) is 5.75 Å². The summed E-state index contributed by atoms with van der Waals surface area (Å²) in [5.41, 5.74) is 0.777. The minimum atomic E-state index is -0.799. The van der Waals surface area contributed by atoms with Crippen molar-refractivity contribution < 1.29 is 10.2 Å². The van der Waals surface area contributed by atoms with E-state index in [4.69, 9.17) is 0 Å². The zero-order chi connectivity index (χ0) is 9.14. The van der Waals surface area contributed by atoms with Gasteiger partial charge in [-0.05, 0) is 23.9 Å². The van der Waals surface area contributed by atoms with E-state index in [0.29, 0.717) is 0 Å². The van der Waals surface area contributed by atoms with Gasteiger partial charge in [0.1, 0.15) is 6.10 Å². The van der Waals surface area contributed by atoms with Gasteiger partial charge in [0.25, 0.3) is 0 Å². The molecule has 1 rings (SSSR count). The second kappa shape index (κ2) is 4.28. The van der Waals surface area contributed by atoms with E-state index < -0.39 is 12.2 Å². The highest BCUT2D eigenvalue weighted by molar-refractivity contribution is 7.80. The molecule has 0 aromatic carbocycles. The fourth-order valence-electron chi connectivity index (χ4n) is 0.941. The SMILES string of the molecule is Cc1cc(C(O)C(O)CS)cs1. The van der Waals surface area contributed by atoms with Gasteiger partial charge in [0.15, 0.2) is 0 Å². The summed E-state index contributed by atoms with van der Waals surface area (Å²) in [5.74, 6) is 0.274. The summed E-state index contributed by atoms with van der Waals surface area (Å²) in [7, 11) is 0. The predicted octanol–water partition coefficient (Wildman–Crippen LogP) is 1.38. The van der Waals surface area contributed by atoms with Gasteiger partial charge < -0.3 is 10.2 Å². The zero-order valence-electron chi connectivity index (χ0n) is 6.77. The van der Waals surface area contributed by atoms with Gasteiger partial charge in [-0.3, -0.25) is 0 Å². The van der Waals surface area contributed by atoms with Crippen molar-refractivity contribution in [2.24, 2.45) is 0 Å². The van der Waals surface area contributed by atoms with Crippen LogP contribution in [0.1, 0.15) is 16.5 Å². The van der Waals surface area contributed by atoms with Crippen molar-refractivity contribution in [2.75, 3.05) is 5.75 Å². The lowest BCUT2D eigenvalue weighted by atomic mass is 10.1. The van der Waals surface area contributed by atoms with Crippen molar-refractivity contribution >= 4 is 24.0 Å². The van der Waals surface area contributed by atoms with Crippen LogP contribution in [0.4, 0.5) is 0 Å². The lowest BCUT2D eigenvalue weighted by molar-refractivity contribution is 0.0340. The van der Waals surface area contributed by atoms with Crippen LogP contribution in [0.15, 0.2) is 11.4 Å². The van der Waals surface area contributed by atoms with Gasteiger partial charge in [-0.15, -0.1) is 11.3 Å². The van der Waals surface area contributed by atoms with Crippen molar-refractivity contribution in [1.82, 2.24) is 0 Å². The highest BCUT2D eigenvalue weighted by atomic mass is 32.1. The summed E-state index contributed by atoms with van der Waals surface area (Å²) in [4.78, 5) is 1.13. The number of rotatable bonds is 3. The third kappa shape index (κ3) is 2.23. The van der Waals surface area contributed by atoms with E-state index in [0.717, 1.165) is 10.4 Å². The van der Waals surface area contributed by atoms with Crippen LogP contribution >= 0.6 is 24.0 Å². The largest absolute Gasteiger partial charge is 0.389 e. The summed E-state index contributed by atoms with van der Waals surface area (Å²) >= 11 is 5.47. The van der Waals surface area contributed by atoms with Gasteiger partial charge in [-0.2, -0.15) is 12.6 Å². The highest BCUT2D eigenvalue weighted by Crippen LogP contribution is 2.22.